The van der Waals surface area contributed by atoms with Crippen molar-refractivity contribution in [3.8, 4) is 0 Å². The van der Waals surface area contributed by atoms with E-state index in [0.29, 0.717) is 12.1 Å². The first-order valence-electron chi connectivity index (χ1n) is 8.45. The standard InChI is InChI=1S/C21H26F3N/c1-15(17-9-11-18(12-10-17)20(2,3)4)25(5)14-16-7-6-8-19(13-16)21(22,23)24/h6-13,15H,14H2,1-5H3. The van der Waals surface area contributed by atoms with Crippen LogP contribution in [0.3, 0.4) is 0 Å². The fraction of sp³-hybridized carbons (Fsp3) is 0.429. The fourth-order valence-electron chi connectivity index (χ4n) is 2.79. The van der Waals surface area contributed by atoms with Gasteiger partial charge < -0.3 is 0 Å². The number of rotatable bonds is 4. The highest BCUT2D eigenvalue weighted by atomic mass is 19.4. The molecule has 1 nitrogen and oxygen atoms in total. The van der Waals surface area contributed by atoms with Gasteiger partial charge in [-0.15, -0.1) is 0 Å². The molecule has 1 unspecified atom stereocenters. The van der Waals surface area contributed by atoms with Gasteiger partial charge in [0.15, 0.2) is 0 Å². The zero-order valence-electron chi connectivity index (χ0n) is 15.5. The van der Waals surface area contributed by atoms with E-state index in [9.17, 15) is 13.2 Å². The van der Waals surface area contributed by atoms with Crippen LogP contribution in [0.15, 0.2) is 48.5 Å². The van der Waals surface area contributed by atoms with Gasteiger partial charge in [-0.2, -0.15) is 13.2 Å². The van der Waals surface area contributed by atoms with Crippen LogP contribution in [0.4, 0.5) is 13.2 Å². The van der Waals surface area contributed by atoms with E-state index in [-0.39, 0.29) is 11.5 Å². The molecule has 0 aliphatic rings. The van der Waals surface area contributed by atoms with Gasteiger partial charge in [0, 0.05) is 12.6 Å². The number of alkyl halides is 3. The van der Waals surface area contributed by atoms with Crippen LogP contribution in [0.25, 0.3) is 0 Å². The fourth-order valence-corrected chi connectivity index (χ4v) is 2.79. The average Bonchev–Trinajstić information content (AvgIpc) is 2.53. The summed E-state index contributed by atoms with van der Waals surface area (Å²) in [6, 6.07) is 14.1. The van der Waals surface area contributed by atoms with E-state index in [0.717, 1.165) is 11.6 Å². The highest BCUT2D eigenvalue weighted by Gasteiger charge is 2.30. The Morgan fingerprint density at radius 1 is 0.920 bits per heavy atom. The maximum absolute atomic E-state index is 12.8. The molecule has 0 saturated heterocycles. The van der Waals surface area contributed by atoms with Gasteiger partial charge in [-0.1, -0.05) is 63.2 Å². The molecule has 4 heteroatoms. The molecule has 0 radical (unpaired) electrons. The Morgan fingerprint density at radius 2 is 1.52 bits per heavy atom. The lowest BCUT2D eigenvalue weighted by atomic mass is 9.86. The highest BCUT2D eigenvalue weighted by Crippen LogP contribution is 2.30. The summed E-state index contributed by atoms with van der Waals surface area (Å²) >= 11 is 0. The lowest BCUT2D eigenvalue weighted by Crippen LogP contribution is -2.22. The van der Waals surface area contributed by atoms with Crippen LogP contribution >= 0.6 is 0 Å². The van der Waals surface area contributed by atoms with Crippen molar-refractivity contribution < 1.29 is 13.2 Å². The smallest absolute Gasteiger partial charge is 0.295 e. The van der Waals surface area contributed by atoms with Crippen LogP contribution in [-0.4, -0.2) is 11.9 Å². The van der Waals surface area contributed by atoms with Crippen LogP contribution < -0.4 is 0 Å². The average molecular weight is 349 g/mol. The van der Waals surface area contributed by atoms with Crippen molar-refractivity contribution in [2.24, 2.45) is 0 Å². The van der Waals surface area contributed by atoms with Crippen LogP contribution in [0.2, 0.25) is 0 Å². The molecule has 0 aliphatic heterocycles. The van der Waals surface area contributed by atoms with E-state index >= 15 is 0 Å². The number of halogens is 3. The minimum atomic E-state index is -4.30. The first-order chi connectivity index (χ1) is 11.5. The molecule has 0 bridgehead atoms. The molecule has 1 atom stereocenters. The third kappa shape index (κ3) is 5.08. The molecule has 0 saturated carbocycles. The zero-order valence-corrected chi connectivity index (χ0v) is 15.5. The summed E-state index contributed by atoms with van der Waals surface area (Å²) in [6.07, 6.45) is -4.30. The summed E-state index contributed by atoms with van der Waals surface area (Å²) in [5, 5.41) is 0. The second-order valence-electron chi connectivity index (χ2n) is 7.66. The second-order valence-corrected chi connectivity index (χ2v) is 7.66. The predicted molar refractivity (Wildman–Crippen MR) is 96.5 cm³/mol. The SMILES string of the molecule is CC(c1ccc(C(C)(C)C)cc1)N(C)Cc1cccc(C(F)(F)F)c1. The number of benzene rings is 2. The lowest BCUT2D eigenvalue weighted by molar-refractivity contribution is -0.137. The molecule has 0 amide bonds. The largest absolute Gasteiger partial charge is 0.416 e. The van der Waals surface area contributed by atoms with Gasteiger partial charge in [0.25, 0.3) is 0 Å². The minimum Gasteiger partial charge on any atom is -0.295 e. The summed E-state index contributed by atoms with van der Waals surface area (Å²) < 4.78 is 38.5. The van der Waals surface area contributed by atoms with E-state index in [2.05, 4.69) is 56.9 Å². The molecule has 0 aromatic heterocycles. The first-order valence-corrected chi connectivity index (χ1v) is 8.45. The number of hydrogen-bond acceptors (Lipinski definition) is 1. The molecule has 0 fully saturated rings. The normalized spacial score (nSPS) is 14.0. The topological polar surface area (TPSA) is 3.24 Å². The van der Waals surface area contributed by atoms with E-state index < -0.39 is 11.7 Å². The third-order valence-corrected chi connectivity index (χ3v) is 4.61. The van der Waals surface area contributed by atoms with E-state index in [1.54, 1.807) is 6.07 Å². The maximum atomic E-state index is 12.8. The third-order valence-electron chi connectivity index (χ3n) is 4.61. The summed E-state index contributed by atoms with van der Waals surface area (Å²) in [5.74, 6) is 0. The van der Waals surface area contributed by atoms with Crippen molar-refractivity contribution in [2.45, 2.75) is 51.9 Å². The molecule has 0 aliphatic carbocycles. The Hall–Kier alpha value is -1.81. The van der Waals surface area contributed by atoms with Gasteiger partial charge in [0.1, 0.15) is 0 Å². The molecular weight excluding hydrogens is 323 g/mol. The minimum absolute atomic E-state index is 0.103. The quantitative estimate of drug-likeness (QED) is 0.635. The molecule has 2 aromatic rings. The number of nitrogens with zero attached hydrogens (tertiary/aromatic N) is 1. The Morgan fingerprint density at radius 3 is 2.04 bits per heavy atom. The second kappa shape index (κ2) is 7.20. The van der Waals surface area contributed by atoms with Gasteiger partial charge in [-0.3, -0.25) is 4.90 Å². The number of hydrogen-bond donors (Lipinski definition) is 0. The molecular formula is C21H26F3N. The van der Waals surface area contributed by atoms with Crippen LogP contribution in [0.1, 0.15) is 56.0 Å². The summed E-state index contributed by atoms with van der Waals surface area (Å²) in [5.41, 5.74) is 2.59. The summed E-state index contributed by atoms with van der Waals surface area (Å²) in [7, 11) is 1.93. The molecule has 2 rings (SSSR count). The zero-order chi connectivity index (χ0) is 18.8. The summed E-state index contributed by atoms with van der Waals surface area (Å²) in [6.45, 7) is 9.05. The monoisotopic (exact) mass is 349 g/mol. The Bertz CT molecular complexity index is 696. The van der Waals surface area contributed by atoms with Crippen LogP contribution in [0, 0.1) is 0 Å². The van der Waals surface area contributed by atoms with Crippen molar-refractivity contribution in [1.29, 1.82) is 0 Å². The lowest BCUT2D eigenvalue weighted by Gasteiger charge is -2.26. The Labute approximate surface area is 148 Å². The van der Waals surface area contributed by atoms with Crippen molar-refractivity contribution in [1.82, 2.24) is 4.90 Å². The Balaban J connectivity index is 2.11. The van der Waals surface area contributed by atoms with Gasteiger partial charge in [-0.05, 0) is 42.1 Å². The molecule has 136 valence electrons. The molecule has 0 heterocycles. The molecule has 0 spiro atoms. The first kappa shape index (κ1) is 19.5. The van der Waals surface area contributed by atoms with E-state index in [4.69, 9.17) is 0 Å². The van der Waals surface area contributed by atoms with Crippen molar-refractivity contribution in [2.75, 3.05) is 7.05 Å². The van der Waals surface area contributed by atoms with E-state index in [1.165, 1.54) is 17.7 Å². The summed E-state index contributed by atoms with van der Waals surface area (Å²) in [4.78, 5) is 2.06. The van der Waals surface area contributed by atoms with Gasteiger partial charge in [0.05, 0.1) is 5.56 Å². The van der Waals surface area contributed by atoms with Gasteiger partial charge in [0.2, 0.25) is 0 Å². The predicted octanol–water partition coefficient (Wildman–Crippen LogP) is 6.20. The highest BCUT2D eigenvalue weighted by molar-refractivity contribution is 5.30. The van der Waals surface area contributed by atoms with E-state index in [1.807, 2.05) is 7.05 Å². The molecule has 2 aromatic carbocycles. The maximum Gasteiger partial charge on any atom is 0.416 e. The Kier molecular flexibility index (Phi) is 5.62. The van der Waals surface area contributed by atoms with Crippen LogP contribution in [-0.2, 0) is 18.1 Å². The van der Waals surface area contributed by atoms with Crippen LogP contribution in [0.5, 0.6) is 0 Å². The molecule has 0 N–H and O–H groups in total. The molecule has 25 heavy (non-hydrogen) atoms. The van der Waals surface area contributed by atoms with Gasteiger partial charge >= 0.3 is 6.18 Å². The van der Waals surface area contributed by atoms with Crippen molar-refractivity contribution >= 4 is 0 Å². The van der Waals surface area contributed by atoms with Crippen molar-refractivity contribution in [3.63, 3.8) is 0 Å². The van der Waals surface area contributed by atoms with Gasteiger partial charge in [-0.25, -0.2) is 0 Å². The van der Waals surface area contributed by atoms with Crippen molar-refractivity contribution in [3.05, 3.63) is 70.8 Å².